The highest BCUT2D eigenvalue weighted by atomic mass is 32.2. The van der Waals surface area contributed by atoms with E-state index in [2.05, 4.69) is 82.7 Å². The smallest absolute Gasteiger partial charge is 0.263 e. The van der Waals surface area contributed by atoms with E-state index >= 15 is 0 Å². The number of hydrogen-bond donors (Lipinski definition) is 1. The van der Waals surface area contributed by atoms with Gasteiger partial charge < -0.3 is 14.6 Å². The summed E-state index contributed by atoms with van der Waals surface area (Å²) in [5.41, 5.74) is 4.33. The molecule has 0 unspecified atom stereocenters. The zero-order valence-electron chi connectivity index (χ0n) is 19.3. The Balaban J connectivity index is 1.38. The van der Waals surface area contributed by atoms with Gasteiger partial charge in [0, 0.05) is 23.1 Å². The number of carbonyl (C=O) groups excluding carboxylic acids is 1. The highest BCUT2D eigenvalue weighted by Crippen LogP contribution is 2.31. The van der Waals surface area contributed by atoms with Gasteiger partial charge in [-0.15, -0.1) is 0 Å². The lowest BCUT2D eigenvalue weighted by Gasteiger charge is -2.11. The molecule has 4 aromatic carbocycles. The van der Waals surface area contributed by atoms with Crippen LogP contribution in [0.1, 0.15) is 16.8 Å². The number of nitrogens with one attached hydrogen (secondary N) is 1. The van der Waals surface area contributed by atoms with E-state index in [1.165, 1.54) is 28.1 Å². The first-order valence-electron chi connectivity index (χ1n) is 11.6. The average Bonchev–Trinajstić information content (AvgIpc) is 3.40. The fourth-order valence-corrected chi connectivity index (χ4v) is 5.50. The molecule has 0 bridgehead atoms. The van der Waals surface area contributed by atoms with E-state index < -0.39 is 0 Å². The van der Waals surface area contributed by atoms with E-state index in [0.717, 1.165) is 27.9 Å². The van der Waals surface area contributed by atoms with Gasteiger partial charge >= 0.3 is 0 Å². The van der Waals surface area contributed by atoms with Gasteiger partial charge in [0.25, 0.3) is 5.91 Å². The van der Waals surface area contributed by atoms with Gasteiger partial charge in [-0.05, 0) is 58.3 Å². The topological polar surface area (TPSA) is 43.3 Å². The van der Waals surface area contributed by atoms with Gasteiger partial charge in [-0.2, -0.15) is 0 Å². The molecule has 1 N–H and O–H groups in total. The van der Waals surface area contributed by atoms with Crippen LogP contribution in [0.4, 0.5) is 0 Å². The molecule has 5 aromatic rings. The summed E-state index contributed by atoms with van der Waals surface area (Å²) >= 11 is 6.49. The van der Waals surface area contributed by atoms with E-state index in [9.17, 15) is 4.79 Å². The highest BCUT2D eigenvalue weighted by molar-refractivity contribution is 8.26. The minimum Gasteiger partial charge on any atom is -0.489 e. The van der Waals surface area contributed by atoms with Crippen LogP contribution >= 0.6 is 24.0 Å². The van der Waals surface area contributed by atoms with Crippen molar-refractivity contribution in [1.82, 2.24) is 9.88 Å². The van der Waals surface area contributed by atoms with Crippen LogP contribution in [0.5, 0.6) is 5.75 Å². The molecule has 1 aromatic heterocycles. The lowest BCUT2D eigenvalue weighted by atomic mass is 10.1. The fraction of sp³-hybridized carbons (Fsp3) is 0.0667. The second-order valence-corrected chi connectivity index (χ2v) is 10.4. The third-order valence-electron chi connectivity index (χ3n) is 6.23. The first-order valence-corrected chi connectivity index (χ1v) is 12.9. The van der Waals surface area contributed by atoms with Gasteiger partial charge in [-0.1, -0.05) is 90.7 Å². The number of fused-ring (bicyclic) bond motifs is 2. The number of hydrogen-bond acceptors (Lipinski definition) is 4. The molecule has 176 valence electrons. The Morgan fingerprint density at radius 3 is 2.44 bits per heavy atom. The van der Waals surface area contributed by atoms with Crippen molar-refractivity contribution in [2.45, 2.75) is 13.2 Å². The molecule has 36 heavy (non-hydrogen) atoms. The van der Waals surface area contributed by atoms with E-state index in [1.54, 1.807) is 0 Å². The van der Waals surface area contributed by atoms with E-state index in [1.807, 2.05) is 30.3 Å². The van der Waals surface area contributed by atoms with E-state index in [4.69, 9.17) is 17.0 Å². The van der Waals surface area contributed by atoms with Gasteiger partial charge in [-0.3, -0.25) is 4.79 Å². The van der Waals surface area contributed by atoms with Crippen LogP contribution in [-0.4, -0.2) is 14.8 Å². The molecule has 6 rings (SSSR count). The van der Waals surface area contributed by atoms with Gasteiger partial charge in [0.05, 0.1) is 4.91 Å². The quantitative estimate of drug-likeness (QED) is 0.201. The number of amides is 1. The molecule has 1 saturated heterocycles. The molecule has 0 atom stereocenters. The monoisotopic (exact) mass is 506 g/mol. The van der Waals surface area contributed by atoms with Crippen LogP contribution in [0.2, 0.25) is 0 Å². The Labute approximate surface area is 218 Å². The number of thioether (sulfide) groups is 1. The number of carbonyl (C=O) groups is 1. The van der Waals surface area contributed by atoms with Crippen LogP contribution in [0, 0.1) is 0 Å². The molecule has 0 saturated carbocycles. The number of aromatic nitrogens is 1. The Bertz CT molecular complexity index is 1650. The van der Waals surface area contributed by atoms with Gasteiger partial charge in [0.2, 0.25) is 0 Å². The predicted molar refractivity (Wildman–Crippen MR) is 152 cm³/mol. The summed E-state index contributed by atoms with van der Waals surface area (Å²) < 4.78 is 8.80. The fourth-order valence-electron chi connectivity index (χ4n) is 4.47. The van der Waals surface area contributed by atoms with Crippen molar-refractivity contribution in [2.75, 3.05) is 0 Å². The number of benzene rings is 4. The van der Waals surface area contributed by atoms with Crippen LogP contribution in [0.3, 0.4) is 0 Å². The Morgan fingerprint density at radius 2 is 1.64 bits per heavy atom. The highest BCUT2D eigenvalue weighted by Gasteiger charge is 2.23. The zero-order chi connectivity index (χ0) is 24.5. The van der Waals surface area contributed by atoms with Crippen LogP contribution < -0.4 is 10.1 Å². The minimum atomic E-state index is -0.153. The van der Waals surface area contributed by atoms with Gasteiger partial charge in [-0.25, -0.2) is 0 Å². The Morgan fingerprint density at radius 1 is 0.833 bits per heavy atom. The minimum absolute atomic E-state index is 0.153. The molecule has 4 nitrogen and oxygen atoms in total. The van der Waals surface area contributed by atoms with Crippen molar-refractivity contribution in [3.8, 4) is 5.75 Å². The number of ether oxygens (including phenoxy) is 1. The molecule has 1 aliphatic heterocycles. The number of nitrogens with zero attached hydrogens (tertiary/aromatic N) is 1. The Hall–Kier alpha value is -3.87. The summed E-state index contributed by atoms with van der Waals surface area (Å²) in [6, 6.07) is 33.3. The molecule has 0 radical (unpaired) electrons. The van der Waals surface area contributed by atoms with Crippen LogP contribution in [0.25, 0.3) is 27.8 Å². The second-order valence-electron chi connectivity index (χ2n) is 8.68. The summed E-state index contributed by atoms with van der Waals surface area (Å²) in [5.74, 6) is 0.655. The summed E-state index contributed by atoms with van der Waals surface area (Å²) in [4.78, 5) is 13.0. The maximum atomic E-state index is 12.4. The first kappa shape index (κ1) is 22.6. The molecular weight excluding hydrogens is 484 g/mol. The van der Waals surface area contributed by atoms with Crippen molar-refractivity contribution < 1.29 is 9.53 Å². The predicted octanol–water partition coefficient (Wildman–Crippen LogP) is 6.91. The average molecular weight is 507 g/mol. The molecule has 1 aliphatic rings. The summed E-state index contributed by atoms with van der Waals surface area (Å²) in [5, 5.41) is 6.19. The standard InChI is InChI=1S/C30H22N2O2S2/c33-29-28(36-30(35)31-29)17-25-15-24-16-26(34-19-20-6-2-1-3-7-20)12-13-27(24)32(25)18-21-10-11-22-8-4-5-9-23(22)14-21/h1-17H,18-19H2,(H,31,33,35)/b28-17+. The molecule has 2 heterocycles. The van der Waals surface area contributed by atoms with E-state index in [0.29, 0.717) is 22.4 Å². The van der Waals surface area contributed by atoms with Crippen molar-refractivity contribution in [3.63, 3.8) is 0 Å². The lowest BCUT2D eigenvalue weighted by molar-refractivity contribution is -0.115. The Kier molecular flexibility index (Phi) is 6.05. The molecule has 0 spiro atoms. The molecule has 0 aliphatic carbocycles. The third-order valence-corrected chi connectivity index (χ3v) is 7.39. The maximum Gasteiger partial charge on any atom is 0.263 e. The lowest BCUT2D eigenvalue weighted by Crippen LogP contribution is -2.17. The summed E-state index contributed by atoms with van der Waals surface area (Å²) in [6.07, 6.45) is 1.92. The summed E-state index contributed by atoms with van der Waals surface area (Å²) in [7, 11) is 0. The number of thiocarbonyl (C=S) groups is 1. The first-order chi connectivity index (χ1) is 17.6. The number of rotatable bonds is 6. The maximum absolute atomic E-state index is 12.4. The van der Waals surface area contributed by atoms with Crippen molar-refractivity contribution >= 4 is 62.0 Å². The SMILES string of the molecule is O=C1NC(=S)S/C1=C/c1cc2cc(OCc3ccccc3)ccc2n1Cc1ccc2ccccc2c1. The third kappa shape index (κ3) is 4.65. The zero-order valence-corrected chi connectivity index (χ0v) is 20.9. The second kappa shape index (κ2) is 9.64. The normalized spacial score (nSPS) is 14.6. The van der Waals surface area contributed by atoms with Gasteiger partial charge in [0.1, 0.15) is 16.7 Å². The molecular formula is C30H22N2O2S2. The molecule has 1 fully saturated rings. The van der Waals surface area contributed by atoms with Crippen LogP contribution in [-0.2, 0) is 17.9 Å². The van der Waals surface area contributed by atoms with Gasteiger partial charge in [0.15, 0.2) is 0 Å². The van der Waals surface area contributed by atoms with E-state index in [-0.39, 0.29) is 5.91 Å². The molecule has 6 heteroatoms. The largest absolute Gasteiger partial charge is 0.489 e. The van der Waals surface area contributed by atoms with Crippen molar-refractivity contribution in [3.05, 3.63) is 119 Å². The van der Waals surface area contributed by atoms with Crippen molar-refractivity contribution in [1.29, 1.82) is 0 Å². The molecule has 1 amide bonds. The van der Waals surface area contributed by atoms with Crippen LogP contribution in [0.15, 0.2) is 102 Å². The summed E-state index contributed by atoms with van der Waals surface area (Å²) in [6.45, 7) is 1.18. The van der Waals surface area contributed by atoms with Crippen molar-refractivity contribution in [2.24, 2.45) is 0 Å².